The first-order chi connectivity index (χ1) is 10.0. The number of aryl methyl sites for hydroxylation is 2. The van der Waals surface area contributed by atoms with Crippen LogP contribution >= 0.6 is 11.6 Å². The molecule has 0 saturated carbocycles. The maximum Gasteiger partial charge on any atom is 0.0679 e. The molecule has 0 fully saturated rings. The van der Waals surface area contributed by atoms with Gasteiger partial charge in [0.2, 0.25) is 0 Å². The van der Waals surface area contributed by atoms with Gasteiger partial charge in [0.15, 0.2) is 0 Å². The summed E-state index contributed by atoms with van der Waals surface area (Å²) >= 11 is 6.95. The molecule has 0 heterocycles. The Morgan fingerprint density at radius 3 is 2.19 bits per heavy atom. The van der Waals surface area contributed by atoms with E-state index < -0.39 is 0 Å². The van der Waals surface area contributed by atoms with Gasteiger partial charge in [-0.05, 0) is 35.1 Å². The van der Waals surface area contributed by atoms with E-state index in [9.17, 15) is 0 Å². The van der Waals surface area contributed by atoms with Crippen molar-refractivity contribution in [2.75, 3.05) is 0 Å². The third kappa shape index (κ3) is 3.32. The molecular formula is C20H25Cl. The molecule has 2 aromatic carbocycles. The molecule has 0 aliphatic carbocycles. The zero-order valence-corrected chi connectivity index (χ0v) is 14.2. The minimum Gasteiger partial charge on any atom is -0.117 e. The number of hydrogen-bond acceptors (Lipinski definition) is 0. The lowest BCUT2D eigenvalue weighted by Crippen LogP contribution is -2.24. The van der Waals surface area contributed by atoms with Crippen molar-refractivity contribution in [1.82, 2.24) is 0 Å². The Hall–Kier alpha value is -1.27. The molecule has 0 aliphatic rings. The first-order valence-electron chi connectivity index (χ1n) is 7.82. The van der Waals surface area contributed by atoms with Crippen LogP contribution in [0.1, 0.15) is 55.3 Å². The van der Waals surface area contributed by atoms with Crippen LogP contribution in [-0.2, 0) is 18.3 Å². The Morgan fingerprint density at radius 2 is 1.62 bits per heavy atom. The summed E-state index contributed by atoms with van der Waals surface area (Å²) < 4.78 is 0. The van der Waals surface area contributed by atoms with Crippen molar-refractivity contribution >= 4 is 11.6 Å². The van der Waals surface area contributed by atoms with Crippen LogP contribution < -0.4 is 0 Å². The summed E-state index contributed by atoms with van der Waals surface area (Å²) in [6.07, 6.45) is 2.07. The van der Waals surface area contributed by atoms with E-state index in [0.29, 0.717) is 0 Å². The highest BCUT2D eigenvalue weighted by Gasteiger charge is 2.32. The molecule has 0 bridgehead atoms. The maximum absolute atomic E-state index is 6.95. The SMILES string of the molecule is CCc1ccc(CC)c(C(Cl)C(C)(C)c2ccccc2)c1. The number of halogens is 1. The van der Waals surface area contributed by atoms with E-state index in [1.165, 1.54) is 22.3 Å². The fourth-order valence-electron chi connectivity index (χ4n) is 2.83. The van der Waals surface area contributed by atoms with Crippen LogP contribution in [-0.4, -0.2) is 0 Å². The largest absolute Gasteiger partial charge is 0.117 e. The molecule has 1 heteroatoms. The van der Waals surface area contributed by atoms with E-state index in [1.807, 2.05) is 0 Å². The van der Waals surface area contributed by atoms with E-state index in [0.717, 1.165) is 12.8 Å². The fraction of sp³-hybridized carbons (Fsp3) is 0.400. The average Bonchev–Trinajstić information content (AvgIpc) is 2.54. The lowest BCUT2D eigenvalue weighted by molar-refractivity contribution is 0.502. The molecule has 0 aromatic heterocycles. The van der Waals surface area contributed by atoms with Gasteiger partial charge in [-0.25, -0.2) is 0 Å². The first-order valence-corrected chi connectivity index (χ1v) is 8.25. The normalized spacial score (nSPS) is 13.2. The Kier molecular flexibility index (Phi) is 5.11. The van der Waals surface area contributed by atoms with E-state index in [4.69, 9.17) is 11.6 Å². The fourth-order valence-corrected chi connectivity index (χ4v) is 3.15. The number of benzene rings is 2. The molecule has 1 atom stereocenters. The van der Waals surface area contributed by atoms with Crippen LogP contribution in [0.25, 0.3) is 0 Å². The molecule has 0 radical (unpaired) electrons. The molecule has 0 N–H and O–H groups in total. The minimum absolute atomic E-state index is 0.0265. The van der Waals surface area contributed by atoms with Gasteiger partial charge in [0.25, 0.3) is 0 Å². The van der Waals surface area contributed by atoms with Gasteiger partial charge in [-0.1, -0.05) is 76.2 Å². The second-order valence-electron chi connectivity index (χ2n) is 6.19. The summed E-state index contributed by atoms with van der Waals surface area (Å²) in [5.74, 6) is 0. The Morgan fingerprint density at radius 1 is 0.952 bits per heavy atom. The summed E-state index contributed by atoms with van der Waals surface area (Å²) in [5, 5.41) is -0.0265. The van der Waals surface area contributed by atoms with Crippen LogP contribution in [0.5, 0.6) is 0 Å². The van der Waals surface area contributed by atoms with Crippen molar-refractivity contribution in [2.24, 2.45) is 0 Å². The molecule has 0 saturated heterocycles. The second-order valence-corrected chi connectivity index (χ2v) is 6.63. The van der Waals surface area contributed by atoms with E-state index in [-0.39, 0.29) is 10.8 Å². The van der Waals surface area contributed by atoms with Crippen LogP contribution in [0.2, 0.25) is 0 Å². The first kappa shape index (κ1) is 16.1. The molecule has 0 amide bonds. The van der Waals surface area contributed by atoms with Gasteiger partial charge in [-0.2, -0.15) is 0 Å². The summed E-state index contributed by atoms with van der Waals surface area (Å²) in [6.45, 7) is 8.86. The summed E-state index contributed by atoms with van der Waals surface area (Å²) in [7, 11) is 0. The van der Waals surface area contributed by atoms with Crippen molar-refractivity contribution < 1.29 is 0 Å². The van der Waals surface area contributed by atoms with Gasteiger partial charge in [-0.3, -0.25) is 0 Å². The standard InChI is InChI=1S/C20H25Cl/c1-5-15-12-13-16(6-2)18(14-15)19(21)20(3,4)17-10-8-7-9-11-17/h7-14,19H,5-6H2,1-4H3. The number of hydrogen-bond donors (Lipinski definition) is 0. The van der Waals surface area contributed by atoms with Gasteiger partial charge in [-0.15, -0.1) is 11.6 Å². The molecule has 2 aromatic rings. The van der Waals surface area contributed by atoms with Gasteiger partial charge in [0.1, 0.15) is 0 Å². The number of alkyl halides is 1. The van der Waals surface area contributed by atoms with Gasteiger partial charge >= 0.3 is 0 Å². The Bertz CT molecular complexity index is 584. The molecule has 0 aliphatic heterocycles. The average molecular weight is 301 g/mol. The Labute approximate surface area is 134 Å². The quantitative estimate of drug-likeness (QED) is 0.588. The van der Waals surface area contributed by atoms with Crippen molar-refractivity contribution in [3.05, 3.63) is 70.8 Å². The lowest BCUT2D eigenvalue weighted by atomic mass is 9.77. The zero-order chi connectivity index (χ0) is 15.5. The third-order valence-electron chi connectivity index (χ3n) is 4.42. The van der Waals surface area contributed by atoms with Gasteiger partial charge in [0.05, 0.1) is 5.38 Å². The van der Waals surface area contributed by atoms with Crippen LogP contribution in [0.4, 0.5) is 0 Å². The summed E-state index contributed by atoms with van der Waals surface area (Å²) in [5.41, 5.74) is 5.19. The van der Waals surface area contributed by atoms with Crippen LogP contribution in [0, 0.1) is 0 Å². The topological polar surface area (TPSA) is 0 Å². The van der Waals surface area contributed by atoms with Crippen molar-refractivity contribution in [3.63, 3.8) is 0 Å². The predicted octanol–water partition coefficient (Wildman–Crippen LogP) is 6.07. The summed E-state index contributed by atoms with van der Waals surface area (Å²) in [4.78, 5) is 0. The monoisotopic (exact) mass is 300 g/mol. The Balaban J connectivity index is 2.45. The second kappa shape index (κ2) is 6.66. The number of rotatable bonds is 5. The molecule has 0 spiro atoms. The van der Waals surface area contributed by atoms with Gasteiger partial charge < -0.3 is 0 Å². The van der Waals surface area contributed by atoms with Crippen molar-refractivity contribution in [3.8, 4) is 0 Å². The molecule has 112 valence electrons. The van der Waals surface area contributed by atoms with Crippen molar-refractivity contribution in [2.45, 2.75) is 51.3 Å². The highest BCUT2D eigenvalue weighted by molar-refractivity contribution is 6.21. The maximum atomic E-state index is 6.95. The molecular weight excluding hydrogens is 276 g/mol. The lowest BCUT2D eigenvalue weighted by Gasteiger charge is -2.32. The zero-order valence-electron chi connectivity index (χ0n) is 13.5. The molecule has 0 nitrogen and oxygen atoms in total. The third-order valence-corrected chi connectivity index (χ3v) is 5.20. The highest BCUT2D eigenvalue weighted by Crippen LogP contribution is 2.43. The molecule has 1 unspecified atom stereocenters. The van der Waals surface area contributed by atoms with E-state index in [2.05, 4.69) is 76.2 Å². The smallest absolute Gasteiger partial charge is 0.0679 e. The van der Waals surface area contributed by atoms with E-state index >= 15 is 0 Å². The molecule has 21 heavy (non-hydrogen) atoms. The van der Waals surface area contributed by atoms with Gasteiger partial charge in [0, 0.05) is 5.41 Å². The predicted molar refractivity (Wildman–Crippen MR) is 93.3 cm³/mol. The van der Waals surface area contributed by atoms with Crippen LogP contribution in [0.3, 0.4) is 0 Å². The molecule has 2 rings (SSSR count). The highest BCUT2D eigenvalue weighted by atomic mass is 35.5. The summed E-state index contributed by atoms with van der Waals surface area (Å²) in [6, 6.07) is 17.3. The van der Waals surface area contributed by atoms with E-state index in [1.54, 1.807) is 0 Å². The minimum atomic E-state index is -0.0981. The van der Waals surface area contributed by atoms with Crippen LogP contribution in [0.15, 0.2) is 48.5 Å². The van der Waals surface area contributed by atoms with Crippen molar-refractivity contribution in [1.29, 1.82) is 0 Å².